The molecule has 2 rings (SSSR count). The van der Waals surface area contributed by atoms with Gasteiger partial charge in [-0.05, 0) is 50.5 Å². The Labute approximate surface area is 103 Å². The summed E-state index contributed by atoms with van der Waals surface area (Å²) in [5, 5.41) is 10.1. The van der Waals surface area contributed by atoms with Crippen molar-refractivity contribution in [3.05, 3.63) is 23.3 Å². The van der Waals surface area contributed by atoms with Crippen LogP contribution in [0, 0.1) is 17.8 Å². The summed E-state index contributed by atoms with van der Waals surface area (Å²) in [5.41, 5.74) is 3.20. The van der Waals surface area contributed by atoms with E-state index < -0.39 is 6.10 Å². The second kappa shape index (κ2) is 4.41. The lowest BCUT2D eigenvalue weighted by molar-refractivity contribution is -0.124. The molecule has 4 atom stereocenters. The minimum atomic E-state index is -0.788. The van der Waals surface area contributed by atoms with Crippen LogP contribution < -0.4 is 0 Å². The van der Waals surface area contributed by atoms with Gasteiger partial charge in [0.1, 0.15) is 6.10 Å². The zero-order chi connectivity index (χ0) is 12.7. The van der Waals surface area contributed by atoms with E-state index in [0.717, 1.165) is 24.8 Å². The van der Waals surface area contributed by atoms with Gasteiger partial charge in [0.05, 0.1) is 0 Å². The van der Waals surface area contributed by atoms with E-state index in [2.05, 4.69) is 20.4 Å². The van der Waals surface area contributed by atoms with E-state index in [1.54, 1.807) is 0 Å². The van der Waals surface area contributed by atoms with Gasteiger partial charge in [0.15, 0.2) is 5.78 Å². The van der Waals surface area contributed by atoms with Crippen LogP contribution in [0.15, 0.2) is 23.3 Å². The molecule has 2 heteroatoms. The highest BCUT2D eigenvalue weighted by molar-refractivity contribution is 6.02. The zero-order valence-corrected chi connectivity index (χ0v) is 11.0. The monoisotopic (exact) mass is 234 g/mol. The van der Waals surface area contributed by atoms with Crippen LogP contribution in [0.4, 0.5) is 0 Å². The number of allylic oxidation sites excluding steroid dienone is 1. The summed E-state index contributed by atoms with van der Waals surface area (Å²) >= 11 is 0. The Hall–Kier alpha value is -0.890. The maximum absolute atomic E-state index is 11.9. The van der Waals surface area contributed by atoms with Crippen LogP contribution in [0.25, 0.3) is 0 Å². The topological polar surface area (TPSA) is 37.3 Å². The van der Waals surface area contributed by atoms with Gasteiger partial charge in [0.25, 0.3) is 0 Å². The van der Waals surface area contributed by atoms with Crippen LogP contribution in [0.2, 0.25) is 0 Å². The summed E-state index contributed by atoms with van der Waals surface area (Å²) in [6.07, 6.45) is 2.33. The van der Waals surface area contributed by atoms with Crippen molar-refractivity contribution < 1.29 is 9.90 Å². The zero-order valence-electron chi connectivity index (χ0n) is 11.0. The van der Waals surface area contributed by atoms with Crippen molar-refractivity contribution in [1.29, 1.82) is 0 Å². The number of carbonyl (C=O) groups excluding carboxylic acids is 1. The lowest BCUT2D eigenvalue weighted by Crippen LogP contribution is -2.28. The molecule has 0 aromatic carbocycles. The summed E-state index contributed by atoms with van der Waals surface area (Å²) in [7, 11) is 0. The highest BCUT2D eigenvalue weighted by atomic mass is 16.3. The fourth-order valence-corrected chi connectivity index (χ4v) is 3.36. The molecule has 0 aliphatic heterocycles. The van der Waals surface area contributed by atoms with E-state index in [4.69, 9.17) is 0 Å². The largest absolute Gasteiger partial charge is 0.384 e. The molecule has 2 nitrogen and oxygen atoms in total. The minimum Gasteiger partial charge on any atom is -0.384 e. The van der Waals surface area contributed by atoms with Gasteiger partial charge in [0.2, 0.25) is 0 Å². The van der Waals surface area contributed by atoms with Crippen LogP contribution in [-0.2, 0) is 4.79 Å². The number of hydrogen-bond donors (Lipinski definition) is 1. The van der Waals surface area contributed by atoms with Crippen LogP contribution in [-0.4, -0.2) is 17.0 Å². The van der Waals surface area contributed by atoms with Gasteiger partial charge in [-0.15, -0.1) is 0 Å². The van der Waals surface area contributed by atoms with Gasteiger partial charge in [-0.2, -0.15) is 0 Å². The van der Waals surface area contributed by atoms with Crippen LogP contribution in [0.3, 0.4) is 0 Å². The second-order valence-corrected chi connectivity index (χ2v) is 5.79. The number of carbonyl (C=O) groups is 1. The molecule has 0 aromatic rings. The number of rotatable bonds is 1. The molecule has 0 spiro atoms. The lowest BCUT2D eigenvalue weighted by atomic mass is 9.85. The fourth-order valence-electron chi connectivity index (χ4n) is 3.36. The molecule has 94 valence electrons. The molecule has 1 N–H and O–H groups in total. The predicted molar refractivity (Wildman–Crippen MR) is 68.5 cm³/mol. The van der Waals surface area contributed by atoms with Gasteiger partial charge >= 0.3 is 0 Å². The van der Waals surface area contributed by atoms with E-state index in [9.17, 15) is 9.90 Å². The Morgan fingerprint density at radius 3 is 2.65 bits per heavy atom. The summed E-state index contributed by atoms with van der Waals surface area (Å²) < 4.78 is 0. The quantitative estimate of drug-likeness (QED) is 0.708. The van der Waals surface area contributed by atoms with Gasteiger partial charge < -0.3 is 5.11 Å². The van der Waals surface area contributed by atoms with Crippen LogP contribution in [0.5, 0.6) is 0 Å². The lowest BCUT2D eigenvalue weighted by Gasteiger charge is -2.22. The third-order valence-corrected chi connectivity index (χ3v) is 4.61. The molecular formula is C15H22O2. The Morgan fingerprint density at radius 2 is 2.06 bits per heavy atom. The first kappa shape index (κ1) is 12.6. The van der Waals surface area contributed by atoms with Gasteiger partial charge in [-0.25, -0.2) is 0 Å². The second-order valence-electron chi connectivity index (χ2n) is 5.79. The Morgan fingerprint density at radius 1 is 1.41 bits per heavy atom. The SMILES string of the molecule is C=C(C)[C@@H]1CC[C@H](C)C2C(=C(C)C(=O)[C@H]2O)C1. The van der Waals surface area contributed by atoms with Crippen molar-refractivity contribution in [3.63, 3.8) is 0 Å². The molecule has 0 saturated heterocycles. The average Bonchev–Trinajstić information content (AvgIpc) is 2.44. The van der Waals surface area contributed by atoms with Crippen LogP contribution in [0.1, 0.15) is 40.0 Å². The van der Waals surface area contributed by atoms with Gasteiger partial charge in [0, 0.05) is 5.92 Å². The van der Waals surface area contributed by atoms with E-state index in [0.29, 0.717) is 11.8 Å². The molecule has 0 aromatic heterocycles. The standard InChI is InChI=1S/C15H22O2/c1-8(2)11-6-5-9(3)13-12(7-11)10(4)14(16)15(13)17/h9,11,13,15,17H,1,5-7H2,2-4H3/t9-,11+,13?,15-/m0/s1. The normalized spacial score (nSPS) is 38.0. The molecule has 2 aliphatic carbocycles. The summed E-state index contributed by atoms with van der Waals surface area (Å²) in [6, 6.07) is 0. The number of ketones is 1. The highest BCUT2D eigenvalue weighted by Crippen LogP contribution is 2.45. The van der Waals surface area contributed by atoms with Crippen molar-refractivity contribution in [1.82, 2.24) is 0 Å². The third kappa shape index (κ3) is 1.99. The van der Waals surface area contributed by atoms with Crippen molar-refractivity contribution in [2.24, 2.45) is 17.8 Å². The van der Waals surface area contributed by atoms with Gasteiger partial charge in [-0.1, -0.05) is 24.6 Å². The number of aliphatic hydroxyl groups excluding tert-OH is 1. The first-order valence-electron chi connectivity index (χ1n) is 6.50. The van der Waals surface area contributed by atoms with Crippen molar-refractivity contribution in [3.8, 4) is 0 Å². The predicted octanol–water partition coefficient (Wildman–Crippen LogP) is 2.88. The summed E-state index contributed by atoms with van der Waals surface area (Å²) in [4.78, 5) is 11.9. The first-order valence-corrected chi connectivity index (χ1v) is 6.50. The third-order valence-electron chi connectivity index (χ3n) is 4.61. The molecule has 1 saturated carbocycles. The number of Topliss-reactive ketones (excluding diaryl/α,β-unsaturated/α-hetero) is 1. The molecule has 0 radical (unpaired) electrons. The van der Waals surface area contributed by atoms with E-state index in [1.807, 2.05) is 6.92 Å². The maximum Gasteiger partial charge on any atom is 0.187 e. The molecule has 1 unspecified atom stereocenters. The number of hydrogen-bond acceptors (Lipinski definition) is 2. The Balaban J connectivity index is 2.37. The highest BCUT2D eigenvalue weighted by Gasteiger charge is 2.43. The van der Waals surface area contributed by atoms with Crippen molar-refractivity contribution in [2.75, 3.05) is 0 Å². The maximum atomic E-state index is 11.9. The first-order chi connectivity index (χ1) is 7.93. The van der Waals surface area contributed by atoms with E-state index in [1.165, 1.54) is 11.1 Å². The average molecular weight is 234 g/mol. The van der Waals surface area contributed by atoms with E-state index >= 15 is 0 Å². The molecule has 0 heterocycles. The molecule has 0 amide bonds. The Kier molecular flexibility index (Phi) is 3.26. The minimum absolute atomic E-state index is 0.0563. The molecular weight excluding hydrogens is 212 g/mol. The summed E-state index contributed by atoms with van der Waals surface area (Å²) in [5.74, 6) is 0.877. The van der Waals surface area contributed by atoms with Crippen LogP contribution >= 0.6 is 0 Å². The van der Waals surface area contributed by atoms with Crippen molar-refractivity contribution >= 4 is 5.78 Å². The number of aliphatic hydroxyl groups is 1. The smallest absolute Gasteiger partial charge is 0.187 e. The van der Waals surface area contributed by atoms with Crippen molar-refractivity contribution in [2.45, 2.75) is 46.1 Å². The Bertz CT molecular complexity index is 392. The molecule has 0 bridgehead atoms. The van der Waals surface area contributed by atoms with E-state index in [-0.39, 0.29) is 11.7 Å². The number of fused-ring (bicyclic) bond motifs is 1. The molecule has 1 fully saturated rings. The molecule has 2 aliphatic rings. The summed E-state index contributed by atoms with van der Waals surface area (Å²) in [6.45, 7) is 10.1. The fraction of sp³-hybridized carbons (Fsp3) is 0.667. The molecule has 17 heavy (non-hydrogen) atoms. The van der Waals surface area contributed by atoms with Gasteiger partial charge in [-0.3, -0.25) is 4.79 Å².